The van der Waals surface area contributed by atoms with Crippen LogP contribution in [0.1, 0.15) is 44.9 Å². The van der Waals surface area contributed by atoms with E-state index in [0.29, 0.717) is 10.0 Å². The summed E-state index contributed by atoms with van der Waals surface area (Å²) in [4.78, 5) is 0. The normalized spacial score (nSPS) is 16.2. The number of nitrogens with two attached hydrogens (primary N) is 1. The minimum Gasteiger partial charge on any atom is -0.408 e. The average molecular weight is 410 g/mol. The van der Waals surface area contributed by atoms with Crippen molar-refractivity contribution in [1.29, 1.82) is 0 Å². The van der Waals surface area contributed by atoms with Gasteiger partial charge in [-0.25, -0.2) is 0 Å². The van der Waals surface area contributed by atoms with E-state index in [1.165, 1.54) is 0 Å². The smallest absolute Gasteiger partial charge is 0.193 e. The topological polar surface area (TPSA) is 35.2 Å². The summed E-state index contributed by atoms with van der Waals surface area (Å²) in [6.07, 6.45) is -0.316. The van der Waals surface area contributed by atoms with Crippen molar-refractivity contribution in [1.82, 2.24) is 0 Å². The maximum absolute atomic E-state index is 6.88. The third kappa shape index (κ3) is 4.70. The van der Waals surface area contributed by atoms with Crippen molar-refractivity contribution in [2.45, 2.75) is 57.5 Å². The van der Waals surface area contributed by atoms with Crippen LogP contribution in [0, 0.1) is 0 Å². The van der Waals surface area contributed by atoms with Crippen LogP contribution in [0.3, 0.4) is 0 Å². The largest absolute Gasteiger partial charge is 0.408 e. The van der Waals surface area contributed by atoms with Gasteiger partial charge in [-0.2, -0.15) is 0 Å². The summed E-state index contributed by atoms with van der Waals surface area (Å²) in [5, 5.41) is 1.44. The van der Waals surface area contributed by atoms with E-state index in [4.69, 9.17) is 33.4 Å². The third-order valence-corrected chi connectivity index (χ3v) is 10.3. The maximum Gasteiger partial charge on any atom is 0.193 e. The molecular weight excluding hydrogens is 381 g/mol. The average Bonchev–Trinajstić information content (AvgIpc) is 2.52. The summed E-state index contributed by atoms with van der Waals surface area (Å²) in [6.45, 7) is 13.2. The molecule has 0 radical (unpaired) electrons. The lowest BCUT2D eigenvalue weighted by Gasteiger charge is -2.44. The molecule has 0 fully saturated rings. The molecule has 2 aromatic carbocycles. The molecule has 0 aliphatic heterocycles. The van der Waals surface area contributed by atoms with Gasteiger partial charge in [0, 0.05) is 10.0 Å². The molecule has 0 heterocycles. The number of benzene rings is 2. The first-order chi connectivity index (χ1) is 11.8. The van der Waals surface area contributed by atoms with Gasteiger partial charge in [0.2, 0.25) is 0 Å². The summed E-state index contributed by atoms with van der Waals surface area (Å²) in [7, 11) is -2.07. The number of hydrogen-bond acceptors (Lipinski definition) is 2. The SMILES string of the molecule is CC(C)(C)[Si](C)(C)O[C@H](c1cccc(Cl)c1)[C@](C)(N)c1ccc(Cl)cc1. The lowest BCUT2D eigenvalue weighted by molar-refractivity contribution is 0.103. The second kappa shape index (κ2) is 7.65. The fourth-order valence-electron chi connectivity index (χ4n) is 2.64. The Labute approximate surface area is 168 Å². The second-order valence-electron chi connectivity index (χ2n) is 8.60. The van der Waals surface area contributed by atoms with Crippen LogP contribution in [0.15, 0.2) is 48.5 Å². The minimum atomic E-state index is -2.07. The maximum atomic E-state index is 6.88. The molecule has 2 rings (SSSR count). The molecule has 2 aromatic rings. The zero-order valence-corrected chi connectivity index (χ0v) is 18.9. The Morgan fingerprint density at radius 1 is 0.923 bits per heavy atom. The van der Waals surface area contributed by atoms with Gasteiger partial charge < -0.3 is 10.2 Å². The minimum absolute atomic E-state index is 0.0693. The van der Waals surface area contributed by atoms with Gasteiger partial charge >= 0.3 is 0 Å². The highest BCUT2D eigenvalue weighted by atomic mass is 35.5. The standard InChI is InChI=1S/C21H29Cl2NOSi/c1-20(2,3)26(5,6)25-19(15-8-7-9-18(23)14-15)21(4,24)16-10-12-17(22)13-11-16/h7-14,19H,24H2,1-6H3/t19-,21-/m1/s1. The fraction of sp³-hybridized carbons (Fsp3) is 0.429. The molecule has 2 atom stereocenters. The first-order valence-corrected chi connectivity index (χ1v) is 12.5. The highest BCUT2D eigenvalue weighted by Gasteiger charge is 2.44. The molecule has 0 spiro atoms. The van der Waals surface area contributed by atoms with E-state index in [1.807, 2.05) is 55.5 Å². The van der Waals surface area contributed by atoms with Crippen molar-refractivity contribution in [2.75, 3.05) is 0 Å². The van der Waals surface area contributed by atoms with Gasteiger partial charge in [-0.05, 0) is 60.4 Å². The van der Waals surface area contributed by atoms with Crippen LogP contribution in [-0.2, 0) is 9.96 Å². The Bertz CT molecular complexity index is 751. The summed E-state index contributed by atoms with van der Waals surface area (Å²) in [5.74, 6) is 0. The van der Waals surface area contributed by atoms with E-state index < -0.39 is 13.9 Å². The van der Waals surface area contributed by atoms with E-state index >= 15 is 0 Å². The monoisotopic (exact) mass is 409 g/mol. The number of halogens is 2. The Morgan fingerprint density at radius 2 is 1.50 bits per heavy atom. The molecule has 142 valence electrons. The molecule has 0 saturated carbocycles. The molecule has 26 heavy (non-hydrogen) atoms. The van der Waals surface area contributed by atoms with Crippen LogP contribution in [0.5, 0.6) is 0 Å². The highest BCUT2D eigenvalue weighted by Crippen LogP contribution is 2.45. The zero-order valence-electron chi connectivity index (χ0n) is 16.4. The molecular formula is C21H29Cl2NOSi. The van der Waals surface area contributed by atoms with Crippen molar-refractivity contribution in [3.05, 3.63) is 69.7 Å². The van der Waals surface area contributed by atoms with Crippen LogP contribution in [0.2, 0.25) is 28.2 Å². The molecule has 5 heteroatoms. The summed E-state index contributed by atoms with van der Waals surface area (Å²) >= 11 is 12.3. The van der Waals surface area contributed by atoms with Crippen LogP contribution in [0.4, 0.5) is 0 Å². The number of hydrogen-bond donors (Lipinski definition) is 1. The Hall–Kier alpha value is -0.843. The molecule has 0 unspecified atom stereocenters. The van der Waals surface area contributed by atoms with Crippen molar-refractivity contribution in [3.8, 4) is 0 Å². The van der Waals surface area contributed by atoms with Crippen molar-refractivity contribution in [3.63, 3.8) is 0 Å². The van der Waals surface area contributed by atoms with E-state index in [-0.39, 0.29) is 11.1 Å². The van der Waals surface area contributed by atoms with Crippen LogP contribution in [-0.4, -0.2) is 8.32 Å². The van der Waals surface area contributed by atoms with Gasteiger partial charge in [-0.3, -0.25) is 0 Å². The van der Waals surface area contributed by atoms with Gasteiger partial charge in [0.05, 0.1) is 11.6 Å². The molecule has 0 aliphatic rings. The Balaban J connectivity index is 2.54. The quantitative estimate of drug-likeness (QED) is 0.543. The summed E-state index contributed by atoms with van der Waals surface area (Å²) < 4.78 is 6.82. The van der Waals surface area contributed by atoms with Crippen LogP contribution < -0.4 is 5.73 Å². The van der Waals surface area contributed by atoms with Gasteiger partial charge in [0.25, 0.3) is 0 Å². The molecule has 2 N–H and O–H groups in total. The van der Waals surface area contributed by atoms with E-state index in [2.05, 4.69) is 33.9 Å². The first kappa shape index (κ1) is 21.5. The number of rotatable bonds is 5. The van der Waals surface area contributed by atoms with Crippen molar-refractivity contribution < 1.29 is 4.43 Å². The third-order valence-electron chi connectivity index (χ3n) is 5.38. The van der Waals surface area contributed by atoms with Crippen LogP contribution in [0.25, 0.3) is 0 Å². The molecule has 0 aromatic heterocycles. The molecule has 2 nitrogen and oxygen atoms in total. The Morgan fingerprint density at radius 3 is 2.00 bits per heavy atom. The van der Waals surface area contributed by atoms with Crippen molar-refractivity contribution >= 4 is 31.5 Å². The van der Waals surface area contributed by atoms with Gasteiger partial charge in [0.1, 0.15) is 0 Å². The molecule has 0 saturated heterocycles. The van der Waals surface area contributed by atoms with E-state index in [1.54, 1.807) is 0 Å². The second-order valence-corrected chi connectivity index (χ2v) is 14.2. The van der Waals surface area contributed by atoms with Crippen LogP contribution >= 0.6 is 23.2 Å². The Kier molecular flexibility index (Phi) is 6.31. The molecule has 0 aliphatic carbocycles. The van der Waals surface area contributed by atoms with Gasteiger partial charge in [-0.1, -0.05) is 68.2 Å². The zero-order chi connectivity index (χ0) is 19.8. The summed E-state index contributed by atoms with van der Waals surface area (Å²) in [5.41, 5.74) is 8.11. The molecule has 0 bridgehead atoms. The lowest BCUT2D eigenvalue weighted by atomic mass is 9.84. The molecule has 0 amide bonds. The van der Waals surface area contributed by atoms with Gasteiger partial charge in [-0.15, -0.1) is 0 Å². The van der Waals surface area contributed by atoms with E-state index in [9.17, 15) is 0 Å². The van der Waals surface area contributed by atoms with E-state index in [0.717, 1.165) is 11.1 Å². The van der Waals surface area contributed by atoms with Gasteiger partial charge in [0.15, 0.2) is 8.32 Å². The fourth-order valence-corrected chi connectivity index (χ4v) is 4.29. The predicted octanol–water partition coefficient (Wildman–Crippen LogP) is 6.93. The summed E-state index contributed by atoms with van der Waals surface area (Å²) in [6, 6.07) is 15.4. The highest BCUT2D eigenvalue weighted by molar-refractivity contribution is 6.74. The van der Waals surface area contributed by atoms with Crippen molar-refractivity contribution in [2.24, 2.45) is 5.73 Å². The predicted molar refractivity (Wildman–Crippen MR) is 115 cm³/mol. The lowest BCUT2D eigenvalue weighted by Crippen LogP contribution is -2.49. The first-order valence-electron chi connectivity index (χ1n) is 8.83.